The smallest absolute Gasteiger partial charge is 0.234 e. The van der Waals surface area contributed by atoms with Gasteiger partial charge in [-0.15, -0.1) is 10.2 Å². The van der Waals surface area contributed by atoms with E-state index in [1.54, 1.807) is 18.2 Å². The van der Waals surface area contributed by atoms with Crippen molar-refractivity contribution in [3.8, 4) is 0 Å². The summed E-state index contributed by atoms with van der Waals surface area (Å²) in [5.74, 6) is 1.15. The summed E-state index contributed by atoms with van der Waals surface area (Å²) in [6.45, 7) is 0.926. The number of nitrogens with zero attached hydrogens (tertiary/aromatic N) is 3. The average molecular weight is 371 g/mol. The van der Waals surface area contributed by atoms with Crippen LogP contribution >= 0.6 is 35.0 Å². The third-order valence-corrected chi connectivity index (χ3v) is 5.13. The molecule has 1 N–H and O–H groups in total. The number of hydrogen-bond donors (Lipinski definition) is 1. The van der Waals surface area contributed by atoms with Crippen LogP contribution in [0.3, 0.4) is 0 Å². The van der Waals surface area contributed by atoms with Crippen LogP contribution in [0.4, 0.5) is 5.69 Å². The first-order chi connectivity index (χ1) is 11.1. The van der Waals surface area contributed by atoms with Gasteiger partial charge in [0.15, 0.2) is 5.16 Å². The Hall–Kier alpha value is -1.24. The number of halogens is 2. The predicted molar refractivity (Wildman–Crippen MR) is 93.4 cm³/mol. The van der Waals surface area contributed by atoms with Crippen molar-refractivity contribution in [2.75, 3.05) is 11.1 Å². The van der Waals surface area contributed by atoms with Crippen molar-refractivity contribution in [3.05, 3.63) is 34.1 Å². The first-order valence-electron chi connectivity index (χ1n) is 7.43. The van der Waals surface area contributed by atoms with Gasteiger partial charge in [-0.05, 0) is 31.0 Å². The van der Waals surface area contributed by atoms with Gasteiger partial charge in [-0.3, -0.25) is 4.79 Å². The number of hydrogen-bond acceptors (Lipinski definition) is 4. The molecule has 8 heteroatoms. The second-order valence-corrected chi connectivity index (χ2v) is 7.11. The van der Waals surface area contributed by atoms with Crippen LogP contribution in [-0.4, -0.2) is 26.4 Å². The van der Waals surface area contributed by atoms with Gasteiger partial charge in [0.2, 0.25) is 5.91 Å². The van der Waals surface area contributed by atoms with E-state index in [-0.39, 0.29) is 11.7 Å². The second-order valence-electron chi connectivity index (χ2n) is 5.32. The highest BCUT2D eigenvalue weighted by Gasteiger charge is 2.16. The fourth-order valence-electron chi connectivity index (χ4n) is 2.47. The molecule has 0 atom stereocenters. The molecule has 0 aliphatic carbocycles. The minimum atomic E-state index is -0.134. The molecule has 122 valence electrons. The highest BCUT2D eigenvalue weighted by Crippen LogP contribution is 2.26. The maximum Gasteiger partial charge on any atom is 0.234 e. The topological polar surface area (TPSA) is 59.8 Å². The molecule has 1 aromatic heterocycles. The summed E-state index contributed by atoms with van der Waals surface area (Å²) < 4.78 is 2.13. The first-order valence-corrected chi connectivity index (χ1v) is 9.17. The van der Waals surface area contributed by atoms with E-state index in [1.807, 2.05) is 0 Å². The van der Waals surface area contributed by atoms with E-state index >= 15 is 0 Å². The Balaban J connectivity index is 1.60. The summed E-state index contributed by atoms with van der Waals surface area (Å²) in [4.78, 5) is 12.1. The van der Waals surface area contributed by atoms with Gasteiger partial charge in [0, 0.05) is 18.0 Å². The molecule has 1 aliphatic heterocycles. The molecule has 0 unspecified atom stereocenters. The molecule has 1 aliphatic rings. The number of aromatic nitrogens is 3. The van der Waals surface area contributed by atoms with E-state index < -0.39 is 0 Å². The van der Waals surface area contributed by atoms with Crippen molar-refractivity contribution in [3.63, 3.8) is 0 Å². The molecule has 0 saturated heterocycles. The van der Waals surface area contributed by atoms with Crippen LogP contribution in [-0.2, 0) is 17.8 Å². The number of nitrogens with one attached hydrogen (secondary N) is 1. The molecule has 0 bridgehead atoms. The third kappa shape index (κ3) is 4.19. The number of carbonyl (C=O) groups is 1. The molecular formula is C15H16Cl2N4OS. The zero-order valence-corrected chi connectivity index (χ0v) is 14.7. The van der Waals surface area contributed by atoms with Gasteiger partial charge < -0.3 is 9.88 Å². The van der Waals surface area contributed by atoms with Crippen LogP contribution in [0.15, 0.2) is 23.4 Å². The van der Waals surface area contributed by atoms with Gasteiger partial charge in [0.1, 0.15) is 5.82 Å². The molecule has 0 fully saturated rings. The van der Waals surface area contributed by atoms with Crippen LogP contribution in [0.25, 0.3) is 0 Å². The minimum Gasteiger partial charge on any atom is -0.324 e. The summed E-state index contributed by atoms with van der Waals surface area (Å²) >= 11 is 13.3. The molecule has 2 heterocycles. The molecule has 3 rings (SSSR count). The third-order valence-electron chi connectivity index (χ3n) is 3.61. The summed E-state index contributed by atoms with van der Waals surface area (Å²) in [5.41, 5.74) is 0.557. The molecule has 1 aromatic carbocycles. The van der Waals surface area contributed by atoms with E-state index in [0.29, 0.717) is 15.7 Å². The number of rotatable bonds is 4. The van der Waals surface area contributed by atoms with Crippen molar-refractivity contribution >= 4 is 46.6 Å². The van der Waals surface area contributed by atoms with E-state index in [9.17, 15) is 4.79 Å². The van der Waals surface area contributed by atoms with Gasteiger partial charge >= 0.3 is 0 Å². The quantitative estimate of drug-likeness (QED) is 0.824. The van der Waals surface area contributed by atoms with Crippen LogP contribution < -0.4 is 5.32 Å². The summed E-state index contributed by atoms with van der Waals surface area (Å²) in [6.07, 6.45) is 4.45. The molecule has 0 saturated carbocycles. The number of thioether (sulfide) groups is 1. The number of aryl methyl sites for hydroxylation is 1. The minimum absolute atomic E-state index is 0.134. The van der Waals surface area contributed by atoms with Gasteiger partial charge in [0.05, 0.1) is 16.5 Å². The lowest BCUT2D eigenvalue weighted by atomic mass is 10.2. The van der Waals surface area contributed by atoms with Crippen LogP contribution in [0.5, 0.6) is 0 Å². The van der Waals surface area contributed by atoms with Gasteiger partial charge in [-0.1, -0.05) is 41.4 Å². The molecule has 5 nitrogen and oxygen atoms in total. The van der Waals surface area contributed by atoms with Crippen molar-refractivity contribution in [2.24, 2.45) is 0 Å². The lowest BCUT2D eigenvalue weighted by molar-refractivity contribution is -0.113. The molecule has 2 aromatic rings. The summed E-state index contributed by atoms with van der Waals surface area (Å²) in [7, 11) is 0. The number of anilines is 1. The molecular weight excluding hydrogens is 355 g/mol. The van der Waals surface area contributed by atoms with Crippen LogP contribution in [0.1, 0.15) is 25.1 Å². The maximum atomic E-state index is 12.1. The number of carbonyl (C=O) groups excluding carboxylic acids is 1. The molecule has 23 heavy (non-hydrogen) atoms. The highest BCUT2D eigenvalue weighted by molar-refractivity contribution is 7.99. The van der Waals surface area contributed by atoms with Gasteiger partial charge in [0.25, 0.3) is 0 Å². The van der Waals surface area contributed by atoms with E-state index in [1.165, 1.54) is 18.2 Å². The normalized spacial score (nSPS) is 14.2. The maximum absolute atomic E-state index is 12.1. The average Bonchev–Trinajstić information content (AvgIpc) is 2.75. The Morgan fingerprint density at radius 1 is 1.26 bits per heavy atom. The van der Waals surface area contributed by atoms with Gasteiger partial charge in [-0.25, -0.2) is 0 Å². The largest absolute Gasteiger partial charge is 0.324 e. The fourth-order valence-corrected chi connectivity index (χ4v) is 3.71. The monoisotopic (exact) mass is 370 g/mol. The Kier molecular flexibility index (Phi) is 5.46. The Labute approximate surface area is 148 Å². The number of benzene rings is 1. The Morgan fingerprint density at radius 2 is 2.13 bits per heavy atom. The molecule has 0 radical (unpaired) electrons. The lowest BCUT2D eigenvalue weighted by Gasteiger charge is -2.08. The lowest BCUT2D eigenvalue weighted by Crippen LogP contribution is -2.15. The van der Waals surface area contributed by atoms with Crippen molar-refractivity contribution < 1.29 is 4.79 Å². The zero-order valence-electron chi connectivity index (χ0n) is 12.4. The SMILES string of the molecule is O=C(CSc1nnc2n1CCCCC2)Nc1ccc(Cl)cc1Cl. The predicted octanol–water partition coefficient (Wildman–Crippen LogP) is 4.04. The van der Waals surface area contributed by atoms with Gasteiger partial charge in [-0.2, -0.15) is 0 Å². The number of amides is 1. The summed E-state index contributed by atoms with van der Waals surface area (Å²) in [6, 6.07) is 4.98. The van der Waals surface area contributed by atoms with E-state index in [2.05, 4.69) is 20.1 Å². The Morgan fingerprint density at radius 3 is 2.96 bits per heavy atom. The first kappa shape index (κ1) is 16.6. The van der Waals surface area contributed by atoms with Crippen LogP contribution in [0.2, 0.25) is 10.0 Å². The van der Waals surface area contributed by atoms with Crippen molar-refractivity contribution in [1.29, 1.82) is 0 Å². The van der Waals surface area contributed by atoms with E-state index in [4.69, 9.17) is 23.2 Å². The Bertz CT molecular complexity index is 719. The molecule has 1 amide bonds. The van der Waals surface area contributed by atoms with E-state index in [0.717, 1.165) is 36.8 Å². The van der Waals surface area contributed by atoms with Crippen molar-refractivity contribution in [2.45, 2.75) is 37.4 Å². The number of fused-ring (bicyclic) bond motifs is 1. The summed E-state index contributed by atoms with van der Waals surface area (Å²) in [5, 5.41) is 13.0. The molecule has 0 spiro atoms. The van der Waals surface area contributed by atoms with Crippen LogP contribution in [0, 0.1) is 0 Å². The standard InChI is InChI=1S/C15H16Cl2N4OS/c16-10-5-6-12(11(17)8-10)18-14(22)9-23-15-20-19-13-4-2-1-3-7-21(13)15/h5-6,8H,1-4,7,9H2,(H,18,22). The highest BCUT2D eigenvalue weighted by atomic mass is 35.5. The zero-order chi connectivity index (χ0) is 16.2. The van der Waals surface area contributed by atoms with Crippen molar-refractivity contribution in [1.82, 2.24) is 14.8 Å². The second kappa shape index (κ2) is 7.55. The fraction of sp³-hybridized carbons (Fsp3) is 0.400.